The molecular formula is C22H18FN5O3S. The lowest BCUT2D eigenvalue weighted by atomic mass is 10.3. The Morgan fingerprint density at radius 3 is 2.44 bits per heavy atom. The zero-order valence-electron chi connectivity index (χ0n) is 16.6. The molecule has 2 N–H and O–H groups in total. The van der Waals surface area contributed by atoms with E-state index in [0.717, 1.165) is 11.6 Å². The second-order valence-electron chi connectivity index (χ2n) is 6.76. The number of pyridine rings is 1. The Kier molecular flexibility index (Phi) is 5.95. The van der Waals surface area contributed by atoms with Crippen molar-refractivity contribution in [2.75, 3.05) is 5.32 Å². The summed E-state index contributed by atoms with van der Waals surface area (Å²) in [6.07, 6.45) is 6.34. The van der Waals surface area contributed by atoms with E-state index >= 15 is 0 Å². The molecule has 0 fully saturated rings. The number of carbonyl (C=O) groups excluding carboxylic acids is 1. The van der Waals surface area contributed by atoms with Crippen LogP contribution in [0.25, 0.3) is 5.69 Å². The number of hydrogen-bond acceptors (Lipinski definition) is 5. The number of benzene rings is 2. The van der Waals surface area contributed by atoms with Crippen molar-refractivity contribution in [1.29, 1.82) is 0 Å². The molecule has 0 radical (unpaired) electrons. The molecule has 2 amide bonds. The summed E-state index contributed by atoms with van der Waals surface area (Å²) in [6, 6.07) is 14.1. The molecule has 4 rings (SSSR count). The van der Waals surface area contributed by atoms with Gasteiger partial charge in [0.25, 0.3) is 0 Å². The molecule has 2 heterocycles. The molecule has 0 aliphatic carbocycles. The minimum atomic E-state index is -3.94. The van der Waals surface area contributed by atoms with Gasteiger partial charge in [-0.25, -0.2) is 22.3 Å². The Morgan fingerprint density at radius 1 is 1.00 bits per heavy atom. The number of amides is 2. The number of hydrogen-bond donors (Lipinski definition) is 2. The first-order chi connectivity index (χ1) is 15.4. The molecular weight excluding hydrogens is 433 g/mol. The monoisotopic (exact) mass is 451 g/mol. The molecule has 0 saturated heterocycles. The highest BCUT2D eigenvalue weighted by molar-refractivity contribution is 7.91. The smallest absolute Gasteiger partial charge is 0.319 e. The van der Waals surface area contributed by atoms with Crippen molar-refractivity contribution < 1.29 is 17.6 Å². The SMILES string of the molecule is O=C(NCc1cccnc1)Nc1ccc(S(=O)(=O)c2ccc(-n3cccn3)c(F)c2)cc1. The maximum atomic E-state index is 14.5. The van der Waals surface area contributed by atoms with Crippen LogP contribution in [0.4, 0.5) is 14.9 Å². The van der Waals surface area contributed by atoms with Crippen molar-refractivity contribution in [3.05, 3.63) is 96.8 Å². The molecule has 162 valence electrons. The predicted molar refractivity (Wildman–Crippen MR) is 116 cm³/mol. The third-order valence-electron chi connectivity index (χ3n) is 4.58. The van der Waals surface area contributed by atoms with Crippen LogP contribution in [-0.4, -0.2) is 29.2 Å². The fourth-order valence-corrected chi connectivity index (χ4v) is 4.24. The molecule has 8 nitrogen and oxygen atoms in total. The summed E-state index contributed by atoms with van der Waals surface area (Å²) in [4.78, 5) is 15.8. The third-order valence-corrected chi connectivity index (χ3v) is 6.35. The van der Waals surface area contributed by atoms with Crippen molar-refractivity contribution in [3.63, 3.8) is 0 Å². The lowest BCUT2D eigenvalue weighted by Gasteiger charge is -2.10. The second kappa shape index (κ2) is 8.98. The molecule has 0 spiro atoms. The van der Waals surface area contributed by atoms with Crippen molar-refractivity contribution in [2.24, 2.45) is 0 Å². The van der Waals surface area contributed by atoms with Gasteiger partial charge in [-0.1, -0.05) is 6.07 Å². The number of rotatable bonds is 6. The highest BCUT2D eigenvalue weighted by Gasteiger charge is 2.20. The van der Waals surface area contributed by atoms with Gasteiger partial charge in [0.15, 0.2) is 0 Å². The molecule has 0 bridgehead atoms. The quantitative estimate of drug-likeness (QED) is 0.466. The van der Waals surface area contributed by atoms with E-state index in [1.807, 2.05) is 6.07 Å². The number of carbonyl (C=O) groups is 1. The summed E-state index contributed by atoms with van der Waals surface area (Å²) in [7, 11) is -3.94. The summed E-state index contributed by atoms with van der Waals surface area (Å²) < 4.78 is 41.6. The normalized spacial score (nSPS) is 11.2. The number of nitrogens with one attached hydrogen (secondary N) is 2. The van der Waals surface area contributed by atoms with Crippen LogP contribution >= 0.6 is 0 Å². The Labute approximate surface area is 183 Å². The molecule has 2 aromatic heterocycles. The minimum Gasteiger partial charge on any atom is -0.334 e. The van der Waals surface area contributed by atoms with Gasteiger partial charge >= 0.3 is 6.03 Å². The van der Waals surface area contributed by atoms with Crippen LogP contribution in [0.1, 0.15) is 5.56 Å². The molecule has 2 aromatic carbocycles. The summed E-state index contributed by atoms with van der Waals surface area (Å²) >= 11 is 0. The van der Waals surface area contributed by atoms with Gasteiger partial charge < -0.3 is 10.6 Å². The maximum absolute atomic E-state index is 14.5. The van der Waals surface area contributed by atoms with Crippen LogP contribution in [0, 0.1) is 5.82 Å². The van der Waals surface area contributed by atoms with Gasteiger partial charge in [-0.3, -0.25) is 4.98 Å². The summed E-state index contributed by atoms with van der Waals surface area (Å²) in [6.45, 7) is 0.298. The van der Waals surface area contributed by atoms with Crippen molar-refractivity contribution in [1.82, 2.24) is 20.1 Å². The zero-order valence-corrected chi connectivity index (χ0v) is 17.5. The average molecular weight is 451 g/mol. The van der Waals surface area contributed by atoms with Gasteiger partial charge in [-0.05, 0) is 60.2 Å². The van der Waals surface area contributed by atoms with Gasteiger partial charge in [0.1, 0.15) is 11.5 Å². The first-order valence-corrected chi connectivity index (χ1v) is 11.0. The van der Waals surface area contributed by atoms with Crippen molar-refractivity contribution in [3.8, 4) is 5.69 Å². The standard InChI is InChI=1S/C22H18FN5O3S/c23-20-13-19(8-9-21(20)28-12-2-11-26-28)32(30,31)18-6-4-17(5-7-18)27-22(29)25-15-16-3-1-10-24-14-16/h1-14H,15H2,(H2,25,27,29). The Balaban J connectivity index is 1.45. The van der Waals surface area contributed by atoms with E-state index in [1.165, 1.54) is 47.3 Å². The molecule has 0 saturated carbocycles. The average Bonchev–Trinajstić information content (AvgIpc) is 3.33. The molecule has 0 aliphatic heterocycles. The van der Waals surface area contributed by atoms with Crippen LogP contribution < -0.4 is 10.6 Å². The van der Waals surface area contributed by atoms with Gasteiger partial charge in [0.05, 0.1) is 9.79 Å². The number of nitrogens with zero attached hydrogens (tertiary/aromatic N) is 3. The fraction of sp³-hybridized carbons (Fsp3) is 0.0455. The van der Waals surface area contributed by atoms with Crippen LogP contribution in [0.3, 0.4) is 0 Å². The Hall–Kier alpha value is -4.05. The molecule has 4 aromatic rings. The lowest BCUT2D eigenvalue weighted by molar-refractivity contribution is 0.251. The van der Waals surface area contributed by atoms with E-state index < -0.39 is 21.7 Å². The number of aromatic nitrogens is 3. The highest BCUT2D eigenvalue weighted by atomic mass is 32.2. The van der Waals surface area contributed by atoms with E-state index in [2.05, 4.69) is 20.7 Å². The number of halogens is 1. The zero-order chi connectivity index (χ0) is 22.6. The predicted octanol–water partition coefficient (Wildman–Crippen LogP) is 3.56. The second-order valence-corrected chi connectivity index (χ2v) is 8.71. The fourth-order valence-electron chi connectivity index (χ4n) is 2.97. The molecule has 32 heavy (non-hydrogen) atoms. The van der Waals surface area contributed by atoms with Gasteiger partial charge in [-0.2, -0.15) is 5.10 Å². The number of sulfone groups is 1. The van der Waals surface area contributed by atoms with Gasteiger partial charge in [0.2, 0.25) is 9.84 Å². The van der Waals surface area contributed by atoms with Crippen LogP contribution in [0.2, 0.25) is 0 Å². The van der Waals surface area contributed by atoms with Crippen molar-refractivity contribution >= 4 is 21.6 Å². The highest BCUT2D eigenvalue weighted by Crippen LogP contribution is 2.25. The van der Waals surface area contributed by atoms with E-state index in [4.69, 9.17) is 0 Å². The first kappa shape index (κ1) is 21.2. The molecule has 0 unspecified atom stereocenters. The third kappa shape index (κ3) is 4.65. The molecule has 0 aliphatic rings. The van der Waals surface area contributed by atoms with E-state index in [9.17, 15) is 17.6 Å². The topological polar surface area (TPSA) is 106 Å². The summed E-state index contributed by atoms with van der Waals surface area (Å²) in [5.41, 5.74) is 1.40. The van der Waals surface area contributed by atoms with Crippen LogP contribution in [-0.2, 0) is 16.4 Å². The molecule has 0 atom stereocenters. The van der Waals surface area contributed by atoms with Crippen molar-refractivity contribution in [2.45, 2.75) is 16.3 Å². The van der Waals surface area contributed by atoms with E-state index in [1.54, 1.807) is 30.7 Å². The Bertz CT molecular complexity index is 1330. The number of anilines is 1. The minimum absolute atomic E-state index is 0.0231. The summed E-state index contributed by atoms with van der Waals surface area (Å²) in [5.74, 6) is -0.710. The summed E-state index contributed by atoms with van der Waals surface area (Å²) in [5, 5.41) is 9.26. The van der Waals surface area contributed by atoms with Gasteiger partial charge in [-0.15, -0.1) is 0 Å². The Morgan fingerprint density at radius 2 is 1.78 bits per heavy atom. The van der Waals surface area contributed by atoms with E-state index in [-0.39, 0.29) is 15.5 Å². The van der Waals surface area contributed by atoms with Gasteiger partial charge in [0, 0.05) is 37.0 Å². The molecule has 10 heteroatoms. The lowest BCUT2D eigenvalue weighted by Crippen LogP contribution is -2.28. The number of urea groups is 1. The van der Waals surface area contributed by atoms with E-state index in [0.29, 0.717) is 12.2 Å². The first-order valence-electron chi connectivity index (χ1n) is 9.52. The largest absolute Gasteiger partial charge is 0.334 e. The van der Waals surface area contributed by atoms with Crippen LogP contribution in [0.15, 0.2) is 95.2 Å². The van der Waals surface area contributed by atoms with Crippen LogP contribution in [0.5, 0.6) is 0 Å². The maximum Gasteiger partial charge on any atom is 0.319 e.